The van der Waals surface area contributed by atoms with Gasteiger partial charge in [-0.3, -0.25) is 4.98 Å². The topological polar surface area (TPSA) is 70.6 Å². The number of guanidine groups is 1. The molecule has 9 heteroatoms. The molecule has 6 nitrogen and oxygen atoms in total. The highest BCUT2D eigenvalue weighted by molar-refractivity contribution is 14.0. The average molecular weight is 448 g/mol. The van der Waals surface area contributed by atoms with Gasteiger partial charge in [-0.25, -0.2) is 14.4 Å². The highest BCUT2D eigenvalue weighted by atomic mass is 127. The minimum absolute atomic E-state index is 0. The monoisotopic (exact) mass is 448 g/mol. The fourth-order valence-electron chi connectivity index (χ4n) is 2.29. The summed E-state index contributed by atoms with van der Waals surface area (Å²) in [4.78, 5) is 16.8. The van der Waals surface area contributed by atoms with Crippen molar-refractivity contribution < 1.29 is 4.39 Å². The Morgan fingerprint density at radius 3 is 2.70 bits per heavy atom. The van der Waals surface area contributed by atoms with Crippen LogP contribution in [0.2, 0.25) is 0 Å². The Labute approximate surface area is 155 Å². The largest absolute Gasteiger partial charge is 0.370 e. The molecule has 0 aliphatic carbocycles. The van der Waals surface area contributed by atoms with Crippen LogP contribution in [0, 0.1) is 5.82 Å². The molecule has 0 saturated carbocycles. The Hall–Kier alpha value is -1.49. The molecule has 1 fully saturated rings. The van der Waals surface area contributed by atoms with E-state index in [1.807, 2.05) is 16.5 Å². The molecule has 23 heavy (non-hydrogen) atoms. The van der Waals surface area contributed by atoms with Crippen LogP contribution in [0.25, 0.3) is 0 Å². The van der Waals surface area contributed by atoms with Crippen LogP contribution in [0.3, 0.4) is 0 Å². The molecule has 0 radical (unpaired) electrons. The molecule has 3 heterocycles. The van der Waals surface area contributed by atoms with Gasteiger partial charge in [-0.1, -0.05) is 0 Å². The number of rotatable bonds is 3. The summed E-state index contributed by atoms with van der Waals surface area (Å²) in [6, 6.07) is 2.94. The van der Waals surface area contributed by atoms with Gasteiger partial charge in [0, 0.05) is 44.0 Å². The zero-order valence-electron chi connectivity index (χ0n) is 12.4. The Kier molecular flexibility index (Phi) is 6.51. The first-order valence-electron chi connectivity index (χ1n) is 7.03. The van der Waals surface area contributed by atoms with E-state index in [4.69, 9.17) is 5.73 Å². The number of hydrogen-bond acceptors (Lipinski definition) is 5. The van der Waals surface area contributed by atoms with E-state index in [1.54, 1.807) is 23.6 Å². The first kappa shape index (κ1) is 17.9. The summed E-state index contributed by atoms with van der Waals surface area (Å²) < 4.78 is 13.5. The molecule has 0 aromatic carbocycles. The highest BCUT2D eigenvalue weighted by Gasteiger charge is 2.19. The van der Waals surface area contributed by atoms with E-state index in [1.165, 1.54) is 6.07 Å². The van der Waals surface area contributed by atoms with Crippen LogP contribution >= 0.6 is 35.3 Å². The number of halogens is 2. The Morgan fingerprint density at radius 2 is 2.04 bits per heavy atom. The molecule has 0 amide bonds. The standard InChI is InChI=1S/C14H17FN6S.HI/c15-11-2-1-3-17-12(11)10-19-13(16)20-5-7-21(8-6-20)14-18-4-9-22-14;/h1-4,9H,5-8,10H2,(H2,16,19);1H. The second-order valence-electron chi connectivity index (χ2n) is 4.90. The number of aromatic nitrogens is 2. The molecule has 0 unspecified atom stereocenters. The van der Waals surface area contributed by atoms with Gasteiger partial charge < -0.3 is 15.5 Å². The predicted octanol–water partition coefficient (Wildman–Crippen LogP) is 1.93. The molecule has 1 aliphatic heterocycles. The molecule has 3 rings (SSSR count). The van der Waals surface area contributed by atoms with Gasteiger partial charge in [0.1, 0.15) is 5.82 Å². The number of aliphatic imine (C=N–C) groups is 1. The first-order valence-corrected chi connectivity index (χ1v) is 7.90. The van der Waals surface area contributed by atoms with Crippen molar-refractivity contribution in [1.29, 1.82) is 0 Å². The fourth-order valence-corrected chi connectivity index (χ4v) is 2.99. The smallest absolute Gasteiger partial charge is 0.191 e. The summed E-state index contributed by atoms with van der Waals surface area (Å²) in [6.45, 7) is 3.41. The molecule has 0 bridgehead atoms. The lowest BCUT2D eigenvalue weighted by atomic mass is 10.3. The number of thiazole rings is 1. The quantitative estimate of drug-likeness (QED) is 0.442. The molecule has 2 N–H and O–H groups in total. The molecule has 1 aliphatic rings. The zero-order chi connectivity index (χ0) is 15.4. The average Bonchev–Trinajstić information content (AvgIpc) is 3.08. The van der Waals surface area contributed by atoms with Gasteiger partial charge in [-0.05, 0) is 12.1 Å². The van der Waals surface area contributed by atoms with Crippen molar-refractivity contribution in [2.45, 2.75) is 6.54 Å². The zero-order valence-corrected chi connectivity index (χ0v) is 15.6. The lowest BCUT2D eigenvalue weighted by molar-refractivity contribution is 0.380. The number of nitrogens with zero attached hydrogens (tertiary/aromatic N) is 5. The molecule has 0 spiro atoms. The third-order valence-corrected chi connectivity index (χ3v) is 4.35. The highest BCUT2D eigenvalue weighted by Crippen LogP contribution is 2.18. The molecular formula is C14H18FIN6S. The lowest BCUT2D eigenvalue weighted by Crippen LogP contribution is -2.51. The van der Waals surface area contributed by atoms with E-state index in [-0.39, 0.29) is 36.3 Å². The molecule has 124 valence electrons. The third-order valence-electron chi connectivity index (χ3n) is 3.52. The summed E-state index contributed by atoms with van der Waals surface area (Å²) in [7, 11) is 0. The Balaban J connectivity index is 0.00000192. The summed E-state index contributed by atoms with van der Waals surface area (Å²) in [6.07, 6.45) is 3.36. The van der Waals surface area contributed by atoms with Gasteiger partial charge in [0.25, 0.3) is 0 Å². The van der Waals surface area contributed by atoms with Crippen molar-refractivity contribution in [3.63, 3.8) is 0 Å². The van der Waals surface area contributed by atoms with Gasteiger partial charge in [-0.15, -0.1) is 35.3 Å². The maximum Gasteiger partial charge on any atom is 0.191 e. The van der Waals surface area contributed by atoms with E-state index in [2.05, 4.69) is 19.9 Å². The van der Waals surface area contributed by atoms with Gasteiger partial charge in [0.15, 0.2) is 11.1 Å². The van der Waals surface area contributed by atoms with Crippen LogP contribution < -0.4 is 10.6 Å². The van der Waals surface area contributed by atoms with Crippen molar-refractivity contribution in [2.75, 3.05) is 31.1 Å². The number of pyridine rings is 1. The van der Waals surface area contributed by atoms with E-state index in [0.717, 1.165) is 31.3 Å². The van der Waals surface area contributed by atoms with Gasteiger partial charge in [-0.2, -0.15) is 0 Å². The molecule has 2 aromatic heterocycles. The van der Waals surface area contributed by atoms with Crippen molar-refractivity contribution in [3.05, 3.63) is 41.4 Å². The number of nitrogens with two attached hydrogens (primary N) is 1. The van der Waals surface area contributed by atoms with Crippen molar-refractivity contribution in [2.24, 2.45) is 10.7 Å². The van der Waals surface area contributed by atoms with Crippen LogP contribution in [0.4, 0.5) is 9.52 Å². The number of hydrogen-bond donors (Lipinski definition) is 1. The van der Waals surface area contributed by atoms with E-state index < -0.39 is 0 Å². The first-order chi connectivity index (χ1) is 10.7. The van der Waals surface area contributed by atoms with Crippen LogP contribution in [0.1, 0.15) is 5.69 Å². The van der Waals surface area contributed by atoms with Gasteiger partial charge >= 0.3 is 0 Å². The molecule has 1 saturated heterocycles. The minimum atomic E-state index is -0.354. The van der Waals surface area contributed by atoms with E-state index in [0.29, 0.717) is 11.7 Å². The number of piperazine rings is 1. The molecule has 0 atom stereocenters. The molecule has 2 aromatic rings. The van der Waals surface area contributed by atoms with Gasteiger partial charge in [0.05, 0.1) is 12.2 Å². The summed E-state index contributed by atoms with van der Waals surface area (Å²) in [5, 5.41) is 3.00. The number of anilines is 1. The van der Waals surface area contributed by atoms with Crippen LogP contribution in [0.15, 0.2) is 34.9 Å². The lowest BCUT2D eigenvalue weighted by Gasteiger charge is -2.35. The van der Waals surface area contributed by atoms with Crippen molar-refractivity contribution in [1.82, 2.24) is 14.9 Å². The maximum absolute atomic E-state index is 13.5. The maximum atomic E-state index is 13.5. The van der Waals surface area contributed by atoms with E-state index in [9.17, 15) is 4.39 Å². The second-order valence-corrected chi connectivity index (χ2v) is 5.77. The summed E-state index contributed by atoms with van der Waals surface area (Å²) in [5.41, 5.74) is 6.32. The second kappa shape index (κ2) is 8.39. The predicted molar refractivity (Wildman–Crippen MR) is 101 cm³/mol. The third kappa shape index (κ3) is 4.50. The SMILES string of the molecule is I.NC(=NCc1ncccc1F)N1CCN(c2nccs2)CC1. The van der Waals surface area contributed by atoms with Gasteiger partial charge in [0.2, 0.25) is 0 Å². The van der Waals surface area contributed by atoms with E-state index >= 15 is 0 Å². The van der Waals surface area contributed by atoms with Crippen molar-refractivity contribution in [3.8, 4) is 0 Å². The minimum Gasteiger partial charge on any atom is -0.370 e. The Bertz CT molecular complexity index is 642. The Morgan fingerprint density at radius 1 is 1.26 bits per heavy atom. The fraction of sp³-hybridized carbons (Fsp3) is 0.357. The normalized spacial score (nSPS) is 15.4. The molecular weight excluding hydrogens is 430 g/mol. The van der Waals surface area contributed by atoms with Crippen LogP contribution in [0.5, 0.6) is 0 Å². The van der Waals surface area contributed by atoms with Crippen molar-refractivity contribution >= 4 is 46.4 Å². The van der Waals surface area contributed by atoms with Crippen LogP contribution in [-0.4, -0.2) is 47.0 Å². The summed E-state index contributed by atoms with van der Waals surface area (Å²) >= 11 is 1.63. The van der Waals surface area contributed by atoms with Crippen LogP contribution in [-0.2, 0) is 6.54 Å². The summed E-state index contributed by atoms with van der Waals surface area (Å²) in [5.74, 6) is 0.0801.